The Morgan fingerprint density at radius 3 is 2.27 bits per heavy atom. The summed E-state index contributed by atoms with van der Waals surface area (Å²) < 4.78 is 0. The first kappa shape index (κ1) is 10.5. The number of hydrogen-bond donors (Lipinski definition) is 0. The minimum Gasteiger partial charge on any atom is -0.111 e. The Balaban J connectivity index is 2.25. The van der Waals surface area contributed by atoms with Gasteiger partial charge in [-0.1, -0.05) is 31.5 Å². The minimum absolute atomic E-state index is 0.234. The number of rotatable bonds is 2. The quantitative estimate of drug-likeness (QED) is 0.536. The van der Waals surface area contributed by atoms with Crippen molar-refractivity contribution in [1.82, 2.24) is 0 Å². The highest BCUT2D eigenvalue weighted by atomic mass is 79.9. The van der Waals surface area contributed by atoms with Crippen LogP contribution in [0, 0.1) is 0 Å². The fourth-order valence-corrected chi connectivity index (χ4v) is 18.6. The van der Waals surface area contributed by atoms with Crippen LogP contribution < -0.4 is 0 Å². The lowest BCUT2D eigenvalue weighted by molar-refractivity contribution is 1.03. The average Bonchev–Trinajstić information content (AvgIpc) is 1.94. The molecule has 0 aromatic rings. The molecule has 66 valence electrons. The third-order valence-corrected chi connectivity index (χ3v) is 14.1. The minimum atomic E-state index is -1.00. The summed E-state index contributed by atoms with van der Waals surface area (Å²) in [6.45, 7) is 2.33. The summed E-state index contributed by atoms with van der Waals surface area (Å²) in [6.07, 6.45) is 1.43. The summed E-state index contributed by atoms with van der Waals surface area (Å²) in [4.78, 5) is 0. The maximum atomic E-state index is 3.85. The zero-order chi connectivity index (χ0) is 8.32. The molecule has 4 heteroatoms. The Labute approximate surface area is 87.9 Å². The van der Waals surface area contributed by atoms with Gasteiger partial charge in [0, 0.05) is 8.80 Å². The molecule has 0 bridgehead atoms. The van der Waals surface area contributed by atoms with Gasteiger partial charge in [-0.3, -0.25) is 0 Å². The van der Waals surface area contributed by atoms with Crippen LogP contribution in [0.1, 0.15) is 13.3 Å². The second-order valence-electron chi connectivity index (χ2n) is 3.59. The highest BCUT2D eigenvalue weighted by Crippen LogP contribution is 2.39. The molecular formula is C7H16Br2Si2. The molecule has 0 aromatic carbocycles. The van der Waals surface area contributed by atoms with Crippen LogP contribution >= 0.6 is 30.6 Å². The van der Waals surface area contributed by atoms with Gasteiger partial charge in [-0.05, 0) is 12.1 Å². The molecule has 0 unspecified atom stereocenters. The fraction of sp³-hybridized carbons (Fsp3) is 1.00. The lowest BCUT2D eigenvalue weighted by Crippen LogP contribution is -2.29. The van der Waals surface area contributed by atoms with Crippen molar-refractivity contribution in [1.29, 1.82) is 0 Å². The molecule has 0 saturated carbocycles. The molecular weight excluding hydrogens is 300 g/mol. The van der Waals surface area contributed by atoms with Crippen LogP contribution in [0.25, 0.3) is 0 Å². The van der Waals surface area contributed by atoms with E-state index in [0.717, 1.165) is 0 Å². The first-order chi connectivity index (χ1) is 5.14. The molecule has 0 spiro atoms. The highest BCUT2D eigenvalue weighted by Gasteiger charge is 2.32. The maximum Gasteiger partial charge on any atom is 0.200 e. The van der Waals surface area contributed by atoms with Gasteiger partial charge in [0.15, 0.2) is 0 Å². The molecule has 1 saturated heterocycles. The van der Waals surface area contributed by atoms with E-state index in [9.17, 15) is 0 Å². The van der Waals surface area contributed by atoms with Gasteiger partial charge in [0.2, 0.25) is 5.31 Å². The van der Waals surface area contributed by atoms with Crippen LogP contribution in [-0.2, 0) is 0 Å². The Bertz CT molecular complexity index is 118. The molecule has 0 amide bonds. The van der Waals surface area contributed by atoms with Crippen molar-refractivity contribution in [3.63, 3.8) is 0 Å². The molecule has 1 aliphatic rings. The van der Waals surface area contributed by atoms with Gasteiger partial charge in [-0.15, -0.1) is 30.6 Å². The van der Waals surface area contributed by atoms with E-state index in [0.29, 0.717) is 0 Å². The zero-order valence-electron chi connectivity index (χ0n) is 7.08. The standard InChI is InChI=1S/C7H16Br2Si2/c1-2-3-10-4-6-11(8,9)7-5-10/h10H,2-7H2,1H3. The number of hydrogen-bond acceptors (Lipinski definition) is 0. The van der Waals surface area contributed by atoms with Gasteiger partial charge in [-0.25, -0.2) is 0 Å². The summed E-state index contributed by atoms with van der Waals surface area (Å²) in [5.74, 6) is 0. The molecule has 0 radical (unpaired) electrons. The summed E-state index contributed by atoms with van der Waals surface area (Å²) >= 11 is 7.70. The molecule has 1 fully saturated rings. The van der Waals surface area contributed by atoms with E-state index < -0.39 is 5.31 Å². The van der Waals surface area contributed by atoms with Gasteiger partial charge in [-0.2, -0.15) is 0 Å². The number of halogens is 2. The zero-order valence-corrected chi connectivity index (χ0v) is 12.4. The van der Waals surface area contributed by atoms with E-state index in [4.69, 9.17) is 0 Å². The highest BCUT2D eigenvalue weighted by molar-refractivity contribution is 9.51. The molecule has 0 atom stereocenters. The third-order valence-electron chi connectivity index (χ3n) is 2.53. The lowest BCUT2D eigenvalue weighted by Gasteiger charge is -2.28. The fourth-order valence-electron chi connectivity index (χ4n) is 1.80. The predicted octanol–water partition coefficient (Wildman–Crippen LogP) is 3.87. The van der Waals surface area contributed by atoms with Gasteiger partial charge in [0.25, 0.3) is 0 Å². The van der Waals surface area contributed by atoms with Crippen molar-refractivity contribution in [3.05, 3.63) is 0 Å². The molecule has 1 rings (SSSR count). The third kappa shape index (κ3) is 3.74. The Morgan fingerprint density at radius 1 is 1.27 bits per heavy atom. The summed E-state index contributed by atoms with van der Waals surface area (Å²) in [7, 11) is -0.234. The topological polar surface area (TPSA) is 0 Å². The smallest absolute Gasteiger partial charge is 0.111 e. The summed E-state index contributed by atoms with van der Waals surface area (Å²) in [6, 6.07) is 7.76. The van der Waals surface area contributed by atoms with Gasteiger partial charge in [0.05, 0.1) is 0 Å². The molecule has 0 nitrogen and oxygen atoms in total. The molecule has 1 heterocycles. The first-order valence-corrected chi connectivity index (χ1v) is 13.9. The van der Waals surface area contributed by atoms with Crippen molar-refractivity contribution in [2.75, 3.05) is 0 Å². The van der Waals surface area contributed by atoms with Crippen molar-refractivity contribution in [2.45, 2.75) is 43.6 Å². The molecule has 1 aliphatic heterocycles. The van der Waals surface area contributed by atoms with E-state index in [1.807, 2.05) is 0 Å². The van der Waals surface area contributed by atoms with E-state index in [1.54, 1.807) is 18.1 Å². The van der Waals surface area contributed by atoms with Crippen LogP contribution in [0.5, 0.6) is 0 Å². The van der Waals surface area contributed by atoms with E-state index >= 15 is 0 Å². The van der Waals surface area contributed by atoms with E-state index in [-0.39, 0.29) is 8.80 Å². The average molecular weight is 316 g/mol. The molecule has 11 heavy (non-hydrogen) atoms. The summed E-state index contributed by atoms with van der Waals surface area (Å²) in [5, 5.41) is -1.00. The molecule has 0 aromatic heterocycles. The SMILES string of the molecule is CCC[SiH]1CC[Si](Br)(Br)CC1. The van der Waals surface area contributed by atoms with Crippen LogP contribution in [-0.4, -0.2) is 14.1 Å². The van der Waals surface area contributed by atoms with Crippen molar-refractivity contribution in [3.8, 4) is 0 Å². The first-order valence-electron chi connectivity index (χ1n) is 4.52. The van der Waals surface area contributed by atoms with Gasteiger partial charge < -0.3 is 0 Å². The van der Waals surface area contributed by atoms with Crippen LogP contribution in [0.2, 0.25) is 30.2 Å². The Kier molecular flexibility index (Phi) is 4.36. The van der Waals surface area contributed by atoms with Gasteiger partial charge >= 0.3 is 0 Å². The maximum absolute atomic E-state index is 3.85. The molecule has 0 aliphatic carbocycles. The largest absolute Gasteiger partial charge is 0.200 e. The Hall–Kier alpha value is 1.39. The molecule has 0 N–H and O–H groups in total. The predicted molar refractivity (Wildman–Crippen MR) is 65.1 cm³/mol. The lowest BCUT2D eigenvalue weighted by atomic mass is 10.6. The van der Waals surface area contributed by atoms with E-state index in [1.165, 1.54) is 18.5 Å². The monoisotopic (exact) mass is 314 g/mol. The van der Waals surface area contributed by atoms with Gasteiger partial charge in [0.1, 0.15) is 0 Å². The second kappa shape index (κ2) is 4.58. The van der Waals surface area contributed by atoms with Crippen LogP contribution in [0.3, 0.4) is 0 Å². The van der Waals surface area contributed by atoms with Crippen LogP contribution in [0.4, 0.5) is 0 Å². The van der Waals surface area contributed by atoms with Crippen molar-refractivity contribution >= 4 is 44.7 Å². The summed E-state index contributed by atoms with van der Waals surface area (Å²) in [5.41, 5.74) is 0. The Morgan fingerprint density at radius 2 is 1.82 bits per heavy atom. The van der Waals surface area contributed by atoms with Crippen molar-refractivity contribution in [2.24, 2.45) is 0 Å². The van der Waals surface area contributed by atoms with Crippen LogP contribution in [0.15, 0.2) is 0 Å². The second-order valence-corrected chi connectivity index (χ2v) is 22.1. The van der Waals surface area contributed by atoms with Crippen molar-refractivity contribution < 1.29 is 0 Å². The van der Waals surface area contributed by atoms with E-state index in [2.05, 4.69) is 37.5 Å². The normalized spacial score (nSPS) is 25.4.